The second-order valence-corrected chi connectivity index (χ2v) is 7.05. The third-order valence-corrected chi connectivity index (χ3v) is 5.09. The van der Waals surface area contributed by atoms with Crippen LogP contribution in [0, 0.1) is 13.8 Å². The summed E-state index contributed by atoms with van der Waals surface area (Å²) in [5.41, 5.74) is 3.27. The summed E-state index contributed by atoms with van der Waals surface area (Å²) in [6.45, 7) is 7.47. The van der Waals surface area contributed by atoms with Gasteiger partial charge in [0.1, 0.15) is 4.88 Å². The topological polar surface area (TPSA) is 59.8 Å². The lowest BCUT2D eigenvalue weighted by molar-refractivity contribution is 0.0955. The molecular weight excluding hydrogens is 320 g/mol. The predicted molar refractivity (Wildman–Crippen MR) is 97.6 cm³/mol. The highest BCUT2D eigenvalue weighted by atomic mass is 32.1. The third kappa shape index (κ3) is 3.33. The van der Waals surface area contributed by atoms with E-state index in [1.807, 2.05) is 24.7 Å². The summed E-state index contributed by atoms with van der Waals surface area (Å²) >= 11 is 1.47. The third-order valence-electron chi connectivity index (χ3n) is 4.08. The highest BCUT2D eigenvalue weighted by Gasteiger charge is 2.14. The van der Waals surface area contributed by atoms with Gasteiger partial charge in [0, 0.05) is 18.5 Å². The summed E-state index contributed by atoms with van der Waals surface area (Å²) in [5.74, 6) is -0.0152. The number of nitrogens with zero attached hydrogens (tertiary/aromatic N) is 3. The lowest BCUT2D eigenvalue weighted by Gasteiger charge is -2.06. The highest BCUT2D eigenvalue weighted by molar-refractivity contribution is 7.13. The molecule has 0 saturated carbocycles. The minimum Gasteiger partial charge on any atom is -0.351 e. The van der Waals surface area contributed by atoms with Crippen molar-refractivity contribution >= 4 is 28.1 Å². The monoisotopic (exact) mass is 342 g/mol. The molecule has 24 heavy (non-hydrogen) atoms. The van der Waals surface area contributed by atoms with E-state index in [9.17, 15) is 4.79 Å². The fraction of sp³-hybridized carbons (Fsp3) is 0.389. The van der Waals surface area contributed by atoms with Crippen LogP contribution in [0.2, 0.25) is 0 Å². The molecule has 0 saturated heterocycles. The number of aryl methyl sites for hydroxylation is 4. The molecule has 2 heterocycles. The normalized spacial score (nSPS) is 11.1. The van der Waals surface area contributed by atoms with Crippen molar-refractivity contribution < 1.29 is 4.79 Å². The molecule has 1 amide bonds. The maximum atomic E-state index is 12.3. The molecule has 1 aromatic carbocycles. The van der Waals surface area contributed by atoms with Crippen LogP contribution in [-0.2, 0) is 13.0 Å². The Morgan fingerprint density at radius 1 is 1.33 bits per heavy atom. The van der Waals surface area contributed by atoms with Gasteiger partial charge in [-0.2, -0.15) is 5.10 Å². The van der Waals surface area contributed by atoms with E-state index in [-0.39, 0.29) is 5.91 Å². The molecule has 5 nitrogen and oxygen atoms in total. The summed E-state index contributed by atoms with van der Waals surface area (Å²) < 4.78 is 2.00. The predicted octanol–water partition coefficient (Wildman–Crippen LogP) is 3.49. The largest absolute Gasteiger partial charge is 0.351 e. The Bertz CT molecular complexity index is 865. The van der Waals surface area contributed by atoms with Crippen LogP contribution in [0.3, 0.4) is 0 Å². The minimum atomic E-state index is -0.0152. The van der Waals surface area contributed by atoms with Crippen molar-refractivity contribution in [3.8, 4) is 0 Å². The van der Waals surface area contributed by atoms with Crippen molar-refractivity contribution in [1.29, 1.82) is 0 Å². The van der Waals surface area contributed by atoms with Gasteiger partial charge in [-0.15, -0.1) is 11.3 Å². The summed E-state index contributed by atoms with van der Waals surface area (Å²) in [6, 6.07) is 6.23. The van der Waals surface area contributed by atoms with Gasteiger partial charge in [0.05, 0.1) is 22.4 Å². The second-order valence-electron chi connectivity index (χ2n) is 5.85. The van der Waals surface area contributed by atoms with E-state index >= 15 is 0 Å². The molecular formula is C18H22N4OS. The van der Waals surface area contributed by atoms with Gasteiger partial charge in [-0.3, -0.25) is 9.48 Å². The Morgan fingerprint density at radius 3 is 2.96 bits per heavy atom. The molecule has 2 aromatic heterocycles. The molecule has 0 unspecified atom stereocenters. The van der Waals surface area contributed by atoms with Gasteiger partial charge >= 0.3 is 0 Å². The molecule has 1 N–H and O–H groups in total. The Morgan fingerprint density at radius 2 is 2.17 bits per heavy atom. The Balaban J connectivity index is 1.56. The van der Waals surface area contributed by atoms with Crippen LogP contribution in [-0.4, -0.2) is 27.2 Å². The Hall–Kier alpha value is -2.21. The van der Waals surface area contributed by atoms with E-state index in [0.717, 1.165) is 40.5 Å². The van der Waals surface area contributed by atoms with Crippen LogP contribution in [0.15, 0.2) is 24.4 Å². The highest BCUT2D eigenvalue weighted by Crippen LogP contribution is 2.19. The van der Waals surface area contributed by atoms with Crippen LogP contribution < -0.4 is 5.32 Å². The number of nitrogens with one attached hydrogen (secondary N) is 1. The number of amides is 1. The van der Waals surface area contributed by atoms with Crippen LogP contribution >= 0.6 is 11.3 Å². The van der Waals surface area contributed by atoms with E-state index < -0.39 is 0 Å². The lowest BCUT2D eigenvalue weighted by atomic mass is 10.1. The maximum Gasteiger partial charge on any atom is 0.263 e. The molecule has 0 aliphatic rings. The molecule has 6 heteroatoms. The zero-order chi connectivity index (χ0) is 17.1. The number of aromatic nitrogens is 3. The average molecular weight is 342 g/mol. The van der Waals surface area contributed by atoms with Gasteiger partial charge in [0.25, 0.3) is 5.91 Å². The molecule has 0 radical (unpaired) electrons. The standard InChI is InChI=1S/C18H22N4OS/c1-4-15-17(24-13(3)21-15)18(23)19-9-6-10-22-16-8-5-7-12(2)14(16)11-20-22/h5,7-8,11H,4,6,9-10H2,1-3H3,(H,19,23). The number of hydrogen-bond donors (Lipinski definition) is 1. The van der Waals surface area contributed by atoms with E-state index in [2.05, 4.69) is 40.5 Å². The number of carbonyl (C=O) groups is 1. The fourth-order valence-electron chi connectivity index (χ4n) is 2.82. The van der Waals surface area contributed by atoms with Crippen molar-refractivity contribution in [1.82, 2.24) is 20.1 Å². The number of benzene rings is 1. The molecule has 126 valence electrons. The number of thiazole rings is 1. The van der Waals surface area contributed by atoms with Gasteiger partial charge < -0.3 is 5.32 Å². The second kappa shape index (κ2) is 7.13. The van der Waals surface area contributed by atoms with Crippen LogP contribution in [0.25, 0.3) is 10.9 Å². The van der Waals surface area contributed by atoms with Crippen molar-refractivity contribution in [2.75, 3.05) is 6.54 Å². The van der Waals surface area contributed by atoms with Gasteiger partial charge in [0.2, 0.25) is 0 Å². The molecule has 3 aromatic rings. The van der Waals surface area contributed by atoms with Crippen molar-refractivity contribution in [2.45, 2.75) is 40.2 Å². The molecule has 3 rings (SSSR count). The first kappa shape index (κ1) is 16.6. The number of carbonyl (C=O) groups excluding carboxylic acids is 1. The van der Waals surface area contributed by atoms with E-state index in [1.165, 1.54) is 22.3 Å². The molecule has 0 aliphatic heterocycles. The molecule has 0 atom stereocenters. The first-order chi connectivity index (χ1) is 11.6. The van der Waals surface area contributed by atoms with Crippen LogP contribution in [0.1, 0.15) is 39.3 Å². The van der Waals surface area contributed by atoms with E-state index in [1.54, 1.807) is 0 Å². The smallest absolute Gasteiger partial charge is 0.263 e. The maximum absolute atomic E-state index is 12.3. The van der Waals surface area contributed by atoms with Crippen molar-refractivity contribution in [2.24, 2.45) is 0 Å². The molecule has 0 fully saturated rings. The fourth-order valence-corrected chi connectivity index (χ4v) is 3.75. The first-order valence-electron chi connectivity index (χ1n) is 8.25. The van der Waals surface area contributed by atoms with Crippen molar-refractivity contribution in [3.63, 3.8) is 0 Å². The molecule has 0 bridgehead atoms. The van der Waals surface area contributed by atoms with Gasteiger partial charge in [-0.25, -0.2) is 4.98 Å². The summed E-state index contributed by atoms with van der Waals surface area (Å²) in [7, 11) is 0. The van der Waals surface area contributed by atoms with Crippen LogP contribution in [0.4, 0.5) is 0 Å². The van der Waals surface area contributed by atoms with Gasteiger partial charge in [0.15, 0.2) is 0 Å². The molecule has 0 spiro atoms. The quantitative estimate of drug-likeness (QED) is 0.698. The summed E-state index contributed by atoms with van der Waals surface area (Å²) in [4.78, 5) is 17.4. The minimum absolute atomic E-state index is 0.0152. The van der Waals surface area contributed by atoms with Crippen molar-refractivity contribution in [3.05, 3.63) is 45.5 Å². The van der Waals surface area contributed by atoms with Gasteiger partial charge in [-0.1, -0.05) is 19.1 Å². The number of hydrogen-bond acceptors (Lipinski definition) is 4. The average Bonchev–Trinajstić information content (AvgIpc) is 3.15. The lowest BCUT2D eigenvalue weighted by Crippen LogP contribution is -2.25. The Kier molecular flexibility index (Phi) is 4.94. The number of fused-ring (bicyclic) bond motifs is 1. The SMILES string of the molecule is CCc1nc(C)sc1C(=O)NCCCn1ncc2c(C)cccc21. The summed E-state index contributed by atoms with van der Waals surface area (Å²) in [5, 5.41) is 9.59. The molecule has 0 aliphatic carbocycles. The summed E-state index contributed by atoms with van der Waals surface area (Å²) in [6.07, 6.45) is 3.54. The van der Waals surface area contributed by atoms with E-state index in [4.69, 9.17) is 0 Å². The van der Waals surface area contributed by atoms with E-state index in [0.29, 0.717) is 6.54 Å². The van der Waals surface area contributed by atoms with Gasteiger partial charge in [-0.05, 0) is 38.3 Å². The number of rotatable bonds is 6. The van der Waals surface area contributed by atoms with Crippen LogP contribution in [0.5, 0.6) is 0 Å². The zero-order valence-electron chi connectivity index (χ0n) is 14.3. The first-order valence-corrected chi connectivity index (χ1v) is 9.07. The zero-order valence-corrected chi connectivity index (χ0v) is 15.1. The Labute approximate surface area is 145 Å².